The van der Waals surface area contributed by atoms with E-state index in [1.54, 1.807) is 0 Å². The lowest BCUT2D eigenvalue weighted by Gasteiger charge is -2.26. The second-order valence-corrected chi connectivity index (χ2v) is 23.8. The molecule has 0 unspecified atom stereocenters. The van der Waals surface area contributed by atoms with Gasteiger partial charge in [0.25, 0.3) is 0 Å². The number of para-hydroxylation sites is 4. The van der Waals surface area contributed by atoms with Gasteiger partial charge in [-0.1, -0.05) is 168 Å². The van der Waals surface area contributed by atoms with Crippen LogP contribution < -0.4 is 0 Å². The maximum atomic E-state index is 5.52. The van der Waals surface area contributed by atoms with Gasteiger partial charge in [0.05, 0.1) is 39.6 Å². The number of aromatic nitrogens is 6. The van der Waals surface area contributed by atoms with Gasteiger partial charge >= 0.3 is 0 Å². The van der Waals surface area contributed by atoms with E-state index in [4.69, 9.17) is 19.9 Å². The number of pyridine rings is 1. The molecule has 0 amide bonds. The summed E-state index contributed by atoms with van der Waals surface area (Å²) in [4.78, 5) is 21.4. The lowest BCUT2D eigenvalue weighted by molar-refractivity contribution is 0.568. The smallest absolute Gasteiger partial charge is 0.164 e. The highest BCUT2D eigenvalue weighted by atomic mass is 15.0. The first-order valence-electron chi connectivity index (χ1n) is 25.4. The van der Waals surface area contributed by atoms with Gasteiger partial charge in [0.1, 0.15) is 0 Å². The van der Waals surface area contributed by atoms with Gasteiger partial charge in [0.15, 0.2) is 17.5 Å². The number of fused-ring (bicyclic) bond motifs is 6. The maximum Gasteiger partial charge on any atom is 0.164 e. The van der Waals surface area contributed by atoms with Gasteiger partial charge in [-0.3, -0.25) is 4.98 Å². The summed E-state index contributed by atoms with van der Waals surface area (Å²) in [6.45, 7) is 27.4. The summed E-state index contributed by atoms with van der Waals surface area (Å²) in [5.41, 5.74) is 16.0. The Morgan fingerprint density at radius 1 is 0.319 bits per heavy atom. The summed E-state index contributed by atoms with van der Waals surface area (Å²) in [7, 11) is 0. The summed E-state index contributed by atoms with van der Waals surface area (Å²) in [6.07, 6.45) is 3.93. The highest BCUT2D eigenvalue weighted by Gasteiger charge is 2.27. The third-order valence-corrected chi connectivity index (χ3v) is 14.5. The predicted octanol–water partition coefficient (Wildman–Crippen LogP) is 17.3. The fraction of sp³-hybridized carbons (Fsp3) is 0.242. The zero-order valence-corrected chi connectivity index (χ0v) is 43.8. The lowest BCUT2D eigenvalue weighted by Crippen LogP contribution is -2.17. The van der Waals surface area contributed by atoms with Crippen LogP contribution in [0.15, 0.2) is 170 Å². The van der Waals surface area contributed by atoms with E-state index in [1.165, 1.54) is 43.8 Å². The number of hydrogen-bond acceptors (Lipinski definition) is 4. The van der Waals surface area contributed by atoms with Crippen LogP contribution in [0.2, 0.25) is 0 Å². The highest BCUT2D eigenvalue weighted by Crippen LogP contribution is 2.43. The minimum atomic E-state index is -0.104. The number of rotatable bonds is 6. The first-order valence-corrected chi connectivity index (χ1v) is 25.4. The van der Waals surface area contributed by atoms with Crippen molar-refractivity contribution >= 4 is 43.6 Å². The van der Waals surface area contributed by atoms with Gasteiger partial charge in [0, 0.05) is 55.6 Å². The Balaban J connectivity index is 1.23. The normalized spacial score (nSPS) is 12.7. The monoisotopic (exact) mass is 941 g/mol. The fourth-order valence-corrected chi connectivity index (χ4v) is 10.3. The molecule has 11 aromatic rings. The molecule has 358 valence electrons. The molecule has 0 spiro atoms. The summed E-state index contributed by atoms with van der Waals surface area (Å²) in [6, 6.07) is 57.6. The molecule has 72 heavy (non-hydrogen) atoms. The van der Waals surface area contributed by atoms with Crippen LogP contribution in [0.1, 0.15) is 105 Å². The van der Waals surface area contributed by atoms with Crippen LogP contribution in [0.5, 0.6) is 0 Å². The Kier molecular flexibility index (Phi) is 11.0. The van der Waals surface area contributed by atoms with Crippen molar-refractivity contribution in [3.05, 3.63) is 192 Å². The molecule has 4 heterocycles. The molecule has 0 radical (unpaired) electrons. The lowest BCUT2D eigenvalue weighted by atomic mass is 9.79. The molecule has 0 fully saturated rings. The van der Waals surface area contributed by atoms with Gasteiger partial charge < -0.3 is 9.13 Å². The van der Waals surface area contributed by atoms with Crippen molar-refractivity contribution in [2.45, 2.75) is 105 Å². The van der Waals surface area contributed by atoms with Gasteiger partial charge in [-0.15, -0.1) is 0 Å². The first kappa shape index (κ1) is 46.7. The first-order chi connectivity index (χ1) is 34.2. The average molecular weight is 941 g/mol. The van der Waals surface area contributed by atoms with Crippen LogP contribution in [0, 0.1) is 0 Å². The van der Waals surface area contributed by atoms with Gasteiger partial charge in [-0.05, 0) is 117 Å². The van der Waals surface area contributed by atoms with Crippen molar-refractivity contribution in [3.8, 4) is 56.7 Å². The quantitative estimate of drug-likeness (QED) is 0.167. The van der Waals surface area contributed by atoms with E-state index in [0.717, 1.165) is 61.3 Å². The van der Waals surface area contributed by atoms with Gasteiger partial charge in [-0.25, -0.2) is 15.0 Å². The molecule has 0 bridgehead atoms. The molecule has 4 aromatic heterocycles. The number of nitrogens with zero attached hydrogens (tertiary/aromatic N) is 6. The molecule has 0 saturated carbocycles. The zero-order chi connectivity index (χ0) is 50.5. The molecule has 0 aliphatic carbocycles. The Morgan fingerprint density at radius 3 is 1.04 bits per heavy atom. The van der Waals surface area contributed by atoms with E-state index in [2.05, 4.69) is 250 Å². The van der Waals surface area contributed by atoms with Crippen LogP contribution in [0.3, 0.4) is 0 Å². The van der Waals surface area contributed by atoms with E-state index >= 15 is 0 Å². The third-order valence-electron chi connectivity index (χ3n) is 14.5. The van der Waals surface area contributed by atoms with Gasteiger partial charge in [0.2, 0.25) is 0 Å². The molecule has 6 heteroatoms. The van der Waals surface area contributed by atoms with E-state index in [9.17, 15) is 0 Å². The van der Waals surface area contributed by atoms with Crippen LogP contribution in [0.4, 0.5) is 0 Å². The molecule has 7 aromatic carbocycles. The molecular weight excluding hydrogens is 877 g/mol. The van der Waals surface area contributed by atoms with Crippen LogP contribution in [-0.2, 0) is 21.7 Å². The Bertz CT molecular complexity index is 3650. The summed E-state index contributed by atoms with van der Waals surface area (Å²) in [5, 5.41) is 4.79. The average Bonchev–Trinajstić information content (AvgIpc) is 3.88. The van der Waals surface area contributed by atoms with Crippen molar-refractivity contribution in [2.24, 2.45) is 0 Å². The second-order valence-electron chi connectivity index (χ2n) is 23.8. The molecule has 0 N–H and O–H groups in total. The molecule has 0 aliphatic rings. The largest absolute Gasteiger partial charge is 0.309 e. The minimum Gasteiger partial charge on any atom is -0.309 e. The minimum absolute atomic E-state index is 0.104. The van der Waals surface area contributed by atoms with Crippen molar-refractivity contribution in [1.29, 1.82) is 0 Å². The number of hydrogen-bond donors (Lipinski definition) is 0. The fourth-order valence-electron chi connectivity index (χ4n) is 10.3. The molecule has 0 atom stereocenters. The standard InChI is InChI=1S/C66H64N6/c1-63(2,3)44-33-42(34-45(38-44)64(4,5)6)61-68-60(69-62(70-61)43-35-46(65(7,8)9)39-47(36-43)66(10,11)12)41-29-30-58(71-54-25-17-13-21-48(54)49-22-14-18-26-55(49)71)53(37-41)52-31-32-67-40-59(52)72-56-27-19-15-23-50(56)51-24-16-20-28-57(51)72/h13-40H,1-12H3. The van der Waals surface area contributed by atoms with E-state index < -0.39 is 0 Å². The van der Waals surface area contributed by atoms with Crippen LogP contribution in [0.25, 0.3) is 100 Å². The molecule has 6 nitrogen and oxygen atoms in total. The molecule has 0 saturated heterocycles. The third kappa shape index (κ3) is 8.26. The van der Waals surface area contributed by atoms with Crippen molar-refractivity contribution in [1.82, 2.24) is 29.1 Å². The highest BCUT2D eigenvalue weighted by molar-refractivity contribution is 6.11. The maximum absolute atomic E-state index is 5.52. The SMILES string of the molecule is CC(C)(C)c1cc(-c2nc(-c3cc(C(C)(C)C)cc(C(C)(C)C)c3)nc(-c3ccc(-n4c5ccccc5c5ccccc54)c(-c4ccncc4-n4c5ccccc5c5ccccc54)c3)n2)cc(C(C)(C)C)c1. The van der Waals surface area contributed by atoms with E-state index in [-0.39, 0.29) is 21.7 Å². The van der Waals surface area contributed by atoms with Crippen LogP contribution >= 0.6 is 0 Å². The van der Waals surface area contributed by atoms with Gasteiger partial charge in [-0.2, -0.15) is 0 Å². The Labute approximate surface area is 424 Å². The summed E-state index contributed by atoms with van der Waals surface area (Å²) < 4.78 is 4.79. The van der Waals surface area contributed by atoms with Crippen molar-refractivity contribution in [3.63, 3.8) is 0 Å². The predicted molar refractivity (Wildman–Crippen MR) is 303 cm³/mol. The summed E-state index contributed by atoms with van der Waals surface area (Å²) in [5.74, 6) is 1.90. The van der Waals surface area contributed by atoms with E-state index in [1.807, 2.05) is 12.4 Å². The Hall–Kier alpha value is -7.70. The molecule has 0 aliphatic heterocycles. The second kappa shape index (κ2) is 17.0. The van der Waals surface area contributed by atoms with Crippen molar-refractivity contribution < 1.29 is 0 Å². The van der Waals surface area contributed by atoms with E-state index in [0.29, 0.717) is 17.5 Å². The Morgan fingerprint density at radius 2 is 0.667 bits per heavy atom. The zero-order valence-electron chi connectivity index (χ0n) is 43.8. The molecule has 11 rings (SSSR count). The van der Waals surface area contributed by atoms with Crippen LogP contribution in [-0.4, -0.2) is 29.1 Å². The summed E-state index contributed by atoms with van der Waals surface area (Å²) >= 11 is 0. The molecular formula is C66H64N6. The topological polar surface area (TPSA) is 61.4 Å². The number of benzene rings is 7. The van der Waals surface area contributed by atoms with Crippen molar-refractivity contribution in [2.75, 3.05) is 0 Å².